The van der Waals surface area contributed by atoms with Crippen LogP contribution in [-0.4, -0.2) is 29.1 Å². The van der Waals surface area contributed by atoms with Gasteiger partial charge in [-0.1, -0.05) is 31.6 Å². The Morgan fingerprint density at radius 2 is 2.18 bits per heavy atom. The van der Waals surface area contributed by atoms with Gasteiger partial charge in [0.1, 0.15) is 5.75 Å². The van der Waals surface area contributed by atoms with Crippen LogP contribution in [0.3, 0.4) is 0 Å². The van der Waals surface area contributed by atoms with Gasteiger partial charge < -0.3 is 5.11 Å². The van der Waals surface area contributed by atoms with Crippen molar-refractivity contribution in [2.45, 2.75) is 52.0 Å². The third kappa shape index (κ3) is 1.59. The van der Waals surface area contributed by atoms with E-state index in [1.807, 2.05) is 12.1 Å². The predicted molar refractivity (Wildman–Crippen MR) is 90.2 cm³/mol. The second kappa shape index (κ2) is 4.38. The van der Waals surface area contributed by atoms with Crippen molar-refractivity contribution in [1.29, 1.82) is 0 Å². The van der Waals surface area contributed by atoms with Gasteiger partial charge >= 0.3 is 0 Å². The van der Waals surface area contributed by atoms with Gasteiger partial charge in [0.2, 0.25) is 0 Å². The molecule has 2 nitrogen and oxygen atoms in total. The maximum Gasteiger partial charge on any atom is 0.115 e. The fourth-order valence-corrected chi connectivity index (χ4v) is 5.71. The molecule has 0 aromatic heterocycles. The lowest BCUT2D eigenvalue weighted by molar-refractivity contribution is 0.118. The van der Waals surface area contributed by atoms with E-state index in [0.29, 0.717) is 17.2 Å². The van der Waals surface area contributed by atoms with Crippen molar-refractivity contribution in [3.8, 4) is 5.75 Å². The minimum absolute atomic E-state index is 0.243. The number of phenolic OH excluding ortho intramolecular Hbond substituents is 1. The molecular formula is C20H27NO. The summed E-state index contributed by atoms with van der Waals surface area (Å²) in [6.45, 7) is 11.5. The van der Waals surface area contributed by atoms with E-state index in [2.05, 4.69) is 44.7 Å². The highest BCUT2D eigenvalue weighted by atomic mass is 16.3. The molecule has 1 spiro atoms. The van der Waals surface area contributed by atoms with Crippen LogP contribution >= 0.6 is 0 Å². The smallest absolute Gasteiger partial charge is 0.115 e. The number of aromatic hydroxyl groups is 1. The van der Waals surface area contributed by atoms with Gasteiger partial charge in [0.25, 0.3) is 0 Å². The fraction of sp³-hybridized carbons (Fsp3) is 0.600. The van der Waals surface area contributed by atoms with Gasteiger partial charge in [-0.2, -0.15) is 0 Å². The first-order chi connectivity index (χ1) is 10.4. The highest BCUT2D eigenvalue weighted by Crippen LogP contribution is 2.74. The molecule has 1 saturated carbocycles. The fourth-order valence-electron chi connectivity index (χ4n) is 5.71. The Morgan fingerprint density at radius 1 is 1.41 bits per heavy atom. The summed E-state index contributed by atoms with van der Waals surface area (Å²) >= 11 is 0. The number of likely N-dealkylation sites (tertiary alicyclic amines) is 1. The van der Waals surface area contributed by atoms with E-state index in [1.165, 1.54) is 36.1 Å². The molecule has 1 saturated heterocycles. The standard InChI is InChI=1S/C20H27NO/c1-13(2)7-9-21-10-8-19(4)17-11-16(22)6-5-15(17)12-20(19)14(3)18(20)21/h5-7,11,14,18,22H,8-10,12H2,1-4H3/t14-,18-,19-,20?/m1/s1. The Kier molecular flexibility index (Phi) is 2.85. The number of benzene rings is 1. The summed E-state index contributed by atoms with van der Waals surface area (Å²) in [5.74, 6) is 1.17. The molecule has 4 atom stereocenters. The lowest BCUT2D eigenvalue weighted by Gasteiger charge is -2.42. The maximum atomic E-state index is 9.94. The number of nitrogens with zero attached hydrogens (tertiary/aromatic N) is 1. The Bertz CT molecular complexity index is 660. The number of rotatable bonds is 2. The molecule has 3 aliphatic rings. The lowest BCUT2D eigenvalue weighted by Crippen LogP contribution is -2.46. The van der Waals surface area contributed by atoms with E-state index in [1.54, 1.807) is 0 Å². The number of fused-ring (bicyclic) bond motifs is 2. The van der Waals surface area contributed by atoms with Gasteiger partial charge in [-0.3, -0.25) is 4.90 Å². The van der Waals surface area contributed by atoms with E-state index in [0.717, 1.165) is 12.5 Å². The van der Waals surface area contributed by atoms with Crippen LogP contribution in [0.4, 0.5) is 0 Å². The Labute approximate surface area is 133 Å². The third-order valence-corrected chi connectivity index (χ3v) is 6.93. The summed E-state index contributed by atoms with van der Waals surface area (Å²) < 4.78 is 0. The van der Waals surface area contributed by atoms with Crippen molar-refractivity contribution >= 4 is 0 Å². The van der Waals surface area contributed by atoms with Crippen LogP contribution in [0.2, 0.25) is 0 Å². The summed E-state index contributed by atoms with van der Waals surface area (Å²) in [5, 5.41) is 9.94. The predicted octanol–water partition coefficient (Wildman–Crippen LogP) is 3.88. The molecule has 1 unspecified atom stereocenters. The highest BCUT2D eigenvalue weighted by Gasteiger charge is 2.76. The topological polar surface area (TPSA) is 23.5 Å². The summed E-state index contributed by atoms with van der Waals surface area (Å²) in [6.07, 6.45) is 4.77. The van der Waals surface area contributed by atoms with Gasteiger partial charge in [0, 0.05) is 23.4 Å². The molecule has 2 aliphatic carbocycles. The van der Waals surface area contributed by atoms with Crippen LogP contribution in [0, 0.1) is 11.3 Å². The zero-order chi connectivity index (χ0) is 15.7. The summed E-state index contributed by atoms with van der Waals surface area (Å²) in [6, 6.07) is 6.76. The Balaban J connectivity index is 1.71. The van der Waals surface area contributed by atoms with E-state index >= 15 is 0 Å². The van der Waals surface area contributed by atoms with Crippen molar-refractivity contribution in [3.63, 3.8) is 0 Å². The van der Waals surface area contributed by atoms with Crippen LogP contribution < -0.4 is 0 Å². The van der Waals surface area contributed by atoms with Crippen molar-refractivity contribution < 1.29 is 5.11 Å². The first kappa shape index (κ1) is 14.3. The van der Waals surface area contributed by atoms with E-state index < -0.39 is 0 Å². The second-order valence-electron chi connectivity index (χ2n) is 8.15. The number of allylic oxidation sites excluding steroid dienone is 1. The molecule has 2 fully saturated rings. The van der Waals surface area contributed by atoms with Crippen molar-refractivity contribution in [2.75, 3.05) is 13.1 Å². The molecule has 0 radical (unpaired) electrons. The number of piperidine rings is 1. The molecule has 4 rings (SSSR count). The monoisotopic (exact) mass is 297 g/mol. The molecule has 1 heterocycles. The van der Waals surface area contributed by atoms with Gasteiger partial charge in [-0.05, 0) is 62.4 Å². The molecule has 1 aromatic rings. The summed E-state index contributed by atoms with van der Waals surface area (Å²) in [7, 11) is 0. The maximum absolute atomic E-state index is 9.94. The summed E-state index contributed by atoms with van der Waals surface area (Å²) in [5.41, 5.74) is 4.95. The first-order valence-corrected chi connectivity index (χ1v) is 8.60. The third-order valence-electron chi connectivity index (χ3n) is 6.93. The molecular weight excluding hydrogens is 270 g/mol. The zero-order valence-electron chi connectivity index (χ0n) is 14.2. The van der Waals surface area contributed by atoms with Crippen LogP contribution in [-0.2, 0) is 11.8 Å². The first-order valence-electron chi connectivity index (χ1n) is 8.60. The summed E-state index contributed by atoms with van der Waals surface area (Å²) in [4.78, 5) is 2.70. The molecule has 0 bridgehead atoms. The van der Waals surface area contributed by atoms with Gasteiger partial charge in [0.15, 0.2) is 0 Å². The van der Waals surface area contributed by atoms with Gasteiger partial charge in [0.05, 0.1) is 0 Å². The molecule has 1 aliphatic heterocycles. The minimum atomic E-state index is 0.243. The van der Waals surface area contributed by atoms with E-state index in [9.17, 15) is 5.11 Å². The van der Waals surface area contributed by atoms with Crippen LogP contribution in [0.25, 0.3) is 0 Å². The second-order valence-corrected chi connectivity index (χ2v) is 8.15. The van der Waals surface area contributed by atoms with Gasteiger partial charge in [-0.25, -0.2) is 0 Å². The van der Waals surface area contributed by atoms with Crippen molar-refractivity contribution in [3.05, 3.63) is 41.0 Å². The molecule has 22 heavy (non-hydrogen) atoms. The minimum Gasteiger partial charge on any atom is -0.508 e. The number of phenols is 1. The molecule has 118 valence electrons. The van der Waals surface area contributed by atoms with Gasteiger partial charge in [-0.15, -0.1) is 0 Å². The quantitative estimate of drug-likeness (QED) is 0.837. The SMILES string of the molecule is CC(C)=CCN1CC[C@]2(C)c3cc(O)ccc3CC23[C@H](C)[C@@H]13. The lowest BCUT2D eigenvalue weighted by atomic mass is 9.68. The number of hydrogen-bond donors (Lipinski definition) is 1. The largest absolute Gasteiger partial charge is 0.508 e. The van der Waals surface area contributed by atoms with E-state index in [4.69, 9.17) is 0 Å². The highest BCUT2D eigenvalue weighted by molar-refractivity contribution is 5.52. The van der Waals surface area contributed by atoms with E-state index in [-0.39, 0.29) is 5.41 Å². The number of hydrogen-bond acceptors (Lipinski definition) is 2. The van der Waals surface area contributed by atoms with Crippen molar-refractivity contribution in [2.24, 2.45) is 11.3 Å². The molecule has 1 aromatic carbocycles. The zero-order valence-corrected chi connectivity index (χ0v) is 14.2. The Morgan fingerprint density at radius 3 is 2.91 bits per heavy atom. The van der Waals surface area contributed by atoms with Crippen LogP contribution in [0.15, 0.2) is 29.8 Å². The molecule has 2 heteroatoms. The van der Waals surface area contributed by atoms with Crippen molar-refractivity contribution in [1.82, 2.24) is 4.90 Å². The van der Waals surface area contributed by atoms with Crippen LogP contribution in [0.1, 0.15) is 45.2 Å². The molecule has 0 amide bonds. The van der Waals surface area contributed by atoms with Crippen LogP contribution in [0.5, 0.6) is 5.75 Å². The molecule has 1 N–H and O–H groups in total. The normalized spacial score (nSPS) is 38.9. The Hall–Kier alpha value is -1.28. The average Bonchev–Trinajstić information content (AvgIpc) is 2.97. The average molecular weight is 297 g/mol.